The van der Waals surface area contributed by atoms with Crippen LogP contribution in [0, 0.1) is 6.92 Å². The molecule has 1 N–H and O–H groups in total. The number of ketones is 1. The van der Waals surface area contributed by atoms with E-state index in [0.717, 1.165) is 10.0 Å². The number of anilines is 1. The van der Waals surface area contributed by atoms with Gasteiger partial charge in [-0.25, -0.2) is 4.79 Å². The summed E-state index contributed by atoms with van der Waals surface area (Å²) in [6.45, 7) is 3.48. The maximum Gasteiger partial charge on any atom is 0.338 e. The van der Waals surface area contributed by atoms with E-state index in [2.05, 4.69) is 21.2 Å². The summed E-state index contributed by atoms with van der Waals surface area (Å²) in [5, 5.41) is 2.77. The monoisotopic (exact) mass is 465 g/mol. The van der Waals surface area contributed by atoms with Crippen molar-refractivity contribution in [3.05, 3.63) is 99.5 Å². The Morgan fingerprint density at radius 2 is 1.33 bits per heavy atom. The first-order valence-electron chi connectivity index (χ1n) is 9.32. The molecule has 0 fully saturated rings. The van der Waals surface area contributed by atoms with E-state index in [1.54, 1.807) is 67.6 Å². The number of hydrogen-bond donors (Lipinski definition) is 1. The molecule has 0 spiro atoms. The second kappa shape index (κ2) is 9.50. The molecule has 3 aromatic carbocycles. The van der Waals surface area contributed by atoms with Crippen molar-refractivity contribution in [1.29, 1.82) is 0 Å². The number of nitrogens with one attached hydrogen (secondary N) is 1. The number of aryl methyl sites for hydroxylation is 1. The lowest BCUT2D eigenvalue weighted by Gasteiger charge is -2.13. The van der Waals surface area contributed by atoms with E-state index in [9.17, 15) is 14.4 Å². The summed E-state index contributed by atoms with van der Waals surface area (Å²) in [5.41, 5.74) is 2.89. The van der Waals surface area contributed by atoms with E-state index in [-0.39, 0.29) is 11.7 Å². The molecule has 1 unspecified atom stereocenters. The molecule has 1 amide bonds. The van der Waals surface area contributed by atoms with Gasteiger partial charge in [0.05, 0.1) is 5.56 Å². The largest absolute Gasteiger partial charge is 0.451 e. The highest BCUT2D eigenvalue weighted by molar-refractivity contribution is 9.10. The Morgan fingerprint density at radius 3 is 1.93 bits per heavy atom. The number of ether oxygens (including phenoxy) is 1. The fourth-order valence-corrected chi connectivity index (χ4v) is 2.99. The summed E-state index contributed by atoms with van der Waals surface area (Å²) >= 11 is 3.33. The maximum atomic E-state index is 12.4. The quantitative estimate of drug-likeness (QED) is 0.388. The Morgan fingerprint density at radius 1 is 0.800 bits per heavy atom. The molecule has 5 nitrogen and oxygen atoms in total. The summed E-state index contributed by atoms with van der Waals surface area (Å²) in [6.07, 6.45) is -0.906. The van der Waals surface area contributed by atoms with E-state index in [1.807, 2.05) is 19.1 Å². The highest BCUT2D eigenvalue weighted by Gasteiger charge is 2.20. The lowest BCUT2D eigenvalue weighted by Crippen LogP contribution is -2.24. The van der Waals surface area contributed by atoms with E-state index >= 15 is 0 Å². The third-order valence-electron chi connectivity index (χ3n) is 4.47. The Hall–Kier alpha value is -3.25. The number of halogens is 1. The predicted octanol–water partition coefficient (Wildman–Crippen LogP) is 5.44. The minimum Gasteiger partial charge on any atom is -0.451 e. The summed E-state index contributed by atoms with van der Waals surface area (Å²) < 4.78 is 6.19. The molecular weight excluding hydrogens is 446 g/mol. The van der Waals surface area contributed by atoms with Crippen LogP contribution in [0.25, 0.3) is 0 Å². The Balaban J connectivity index is 1.60. The first-order chi connectivity index (χ1) is 14.3. The lowest BCUT2D eigenvalue weighted by molar-refractivity contribution is 0.0319. The second-order valence-electron chi connectivity index (χ2n) is 6.82. The first-order valence-corrected chi connectivity index (χ1v) is 10.1. The number of carbonyl (C=O) groups is 3. The van der Waals surface area contributed by atoms with Crippen LogP contribution < -0.4 is 5.32 Å². The minimum atomic E-state index is -0.906. The molecule has 0 radical (unpaired) electrons. The van der Waals surface area contributed by atoms with Gasteiger partial charge in [0.2, 0.25) is 5.78 Å². The Kier molecular flexibility index (Phi) is 6.79. The van der Waals surface area contributed by atoms with Gasteiger partial charge < -0.3 is 10.1 Å². The van der Waals surface area contributed by atoms with Crippen molar-refractivity contribution in [2.75, 3.05) is 5.32 Å². The number of carbonyl (C=O) groups excluding carboxylic acids is 3. The number of Topliss-reactive ketones (excluding diaryl/α,β-unsaturated/α-hetero) is 1. The number of esters is 1. The molecular formula is C24H20BrNO4. The molecule has 3 aromatic rings. The fourth-order valence-electron chi connectivity index (χ4n) is 2.73. The predicted molar refractivity (Wildman–Crippen MR) is 119 cm³/mol. The van der Waals surface area contributed by atoms with Crippen molar-refractivity contribution in [3.63, 3.8) is 0 Å². The highest BCUT2D eigenvalue weighted by Crippen LogP contribution is 2.16. The highest BCUT2D eigenvalue weighted by atomic mass is 79.9. The third-order valence-corrected chi connectivity index (χ3v) is 5.00. The Bertz CT molecular complexity index is 1060. The molecule has 0 saturated carbocycles. The molecule has 0 aromatic heterocycles. The molecule has 0 bridgehead atoms. The molecule has 0 aliphatic rings. The van der Waals surface area contributed by atoms with Gasteiger partial charge in [0.1, 0.15) is 0 Å². The first kappa shape index (κ1) is 21.5. The van der Waals surface area contributed by atoms with Crippen LogP contribution in [0.5, 0.6) is 0 Å². The topological polar surface area (TPSA) is 72.5 Å². The number of rotatable bonds is 6. The van der Waals surface area contributed by atoms with Gasteiger partial charge in [0, 0.05) is 21.3 Å². The van der Waals surface area contributed by atoms with Crippen molar-refractivity contribution in [2.24, 2.45) is 0 Å². The molecule has 30 heavy (non-hydrogen) atoms. The SMILES string of the molecule is Cc1ccc(C(=O)C(C)OC(=O)c2ccc(NC(=O)c3ccc(Br)cc3)cc2)cc1. The van der Waals surface area contributed by atoms with Crippen LogP contribution in [0.1, 0.15) is 43.6 Å². The molecule has 6 heteroatoms. The van der Waals surface area contributed by atoms with Gasteiger partial charge in [-0.05, 0) is 62.4 Å². The van der Waals surface area contributed by atoms with Crippen molar-refractivity contribution < 1.29 is 19.1 Å². The summed E-state index contributed by atoms with van der Waals surface area (Å²) in [5.74, 6) is -1.12. The fraction of sp³-hybridized carbons (Fsp3) is 0.125. The van der Waals surface area contributed by atoms with Crippen molar-refractivity contribution in [3.8, 4) is 0 Å². The smallest absolute Gasteiger partial charge is 0.338 e. The van der Waals surface area contributed by atoms with Crippen LogP contribution >= 0.6 is 15.9 Å². The normalized spacial score (nSPS) is 11.4. The van der Waals surface area contributed by atoms with Crippen LogP contribution in [0.2, 0.25) is 0 Å². The number of amides is 1. The van der Waals surface area contributed by atoms with E-state index in [4.69, 9.17) is 4.74 Å². The molecule has 0 aliphatic carbocycles. The average molecular weight is 466 g/mol. The van der Waals surface area contributed by atoms with Gasteiger partial charge in [-0.15, -0.1) is 0 Å². The van der Waals surface area contributed by atoms with E-state index < -0.39 is 12.1 Å². The summed E-state index contributed by atoms with van der Waals surface area (Å²) in [6, 6.07) is 20.4. The van der Waals surface area contributed by atoms with Crippen molar-refractivity contribution >= 4 is 39.3 Å². The number of benzene rings is 3. The maximum absolute atomic E-state index is 12.4. The van der Waals surface area contributed by atoms with Crippen LogP contribution in [0.4, 0.5) is 5.69 Å². The van der Waals surface area contributed by atoms with Crippen molar-refractivity contribution in [2.45, 2.75) is 20.0 Å². The van der Waals surface area contributed by atoms with Gasteiger partial charge in [-0.3, -0.25) is 9.59 Å². The van der Waals surface area contributed by atoms with Crippen LogP contribution in [-0.2, 0) is 4.74 Å². The lowest BCUT2D eigenvalue weighted by atomic mass is 10.1. The Labute approximate surface area is 183 Å². The summed E-state index contributed by atoms with van der Waals surface area (Å²) in [7, 11) is 0. The zero-order valence-electron chi connectivity index (χ0n) is 16.5. The van der Waals surface area contributed by atoms with E-state index in [1.165, 1.54) is 0 Å². The standard InChI is InChI=1S/C24H20BrNO4/c1-15-3-5-17(6-4-15)22(27)16(2)30-24(29)19-9-13-21(14-10-19)26-23(28)18-7-11-20(25)12-8-18/h3-14,16H,1-2H3,(H,26,28). The summed E-state index contributed by atoms with van der Waals surface area (Å²) in [4.78, 5) is 37.1. The van der Waals surface area contributed by atoms with Crippen molar-refractivity contribution in [1.82, 2.24) is 0 Å². The van der Waals surface area contributed by atoms with Gasteiger partial charge in [-0.2, -0.15) is 0 Å². The van der Waals surface area contributed by atoms with Crippen LogP contribution in [0.3, 0.4) is 0 Å². The van der Waals surface area contributed by atoms with Gasteiger partial charge in [-0.1, -0.05) is 45.8 Å². The molecule has 3 rings (SSSR count). The minimum absolute atomic E-state index is 0.254. The van der Waals surface area contributed by atoms with Crippen LogP contribution in [0.15, 0.2) is 77.3 Å². The molecule has 1 atom stereocenters. The van der Waals surface area contributed by atoms with Gasteiger partial charge in [0.25, 0.3) is 5.91 Å². The third kappa shape index (κ3) is 5.42. The molecule has 0 saturated heterocycles. The molecule has 0 aliphatic heterocycles. The van der Waals surface area contributed by atoms with Gasteiger partial charge in [0.15, 0.2) is 6.10 Å². The molecule has 0 heterocycles. The zero-order chi connectivity index (χ0) is 21.7. The van der Waals surface area contributed by atoms with Crippen LogP contribution in [-0.4, -0.2) is 23.8 Å². The van der Waals surface area contributed by atoms with Gasteiger partial charge >= 0.3 is 5.97 Å². The molecule has 152 valence electrons. The zero-order valence-corrected chi connectivity index (χ0v) is 18.1. The number of hydrogen-bond acceptors (Lipinski definition) is 4. The second-order valence-corrected chi connectivity index (χ2v) is 7.73. The average Bonchev–Trinajstić information content (AvgIpc) is 2.74. The van der Waals surface area contributed by atoms with E-state index in [0.29, 0.717) is 22.4 Å².